The van der Waals surface area contributed by atoms with Gasteiger partial charge in [0, 0.05) is 7.05 Å². The van der Waals surface area contributed by atoms with Crippen molar-refractivity contribution >= 4 is 11.9 Å². The van der Waals surface area contributed by atoms with Crippen molar-refractivity contribution in [2.45, 2.75) is 32.5 Å². The summed E-state index contributed by atoms with van der Waals surface area (Å²) in [7, 11) is 0.897. The van der Waals surface area contributed by atoms with Crippen LogP contribution in [0.3, 0.4) is 0 Å². The summed E-state index contributed by atoms with van der Waals surface area (Å²) in [4.78, 5) is 22.0. The third-order valence-corrected chi connectivity index (χ3v) is 1.86. The highest BCUT2D eigenvalue weighted by molar-refractivity contribution is 5.85. The Bertz CT molecular complexity index is 265. The van der Waals surface area contributed by atoms with Crippen LogP contribution in [0.15, 0.2) is 0 Å². The maximum absolute atomic E-state index is 11.9. The monoisotopic (exact) mass is 241 g/mol. The van der Waals surface area contributed by atoms with Crippen LogP contribution in [-0.4, -0.2) is 42.6 Å². The zero-order valence-electron chi connectivity index (χ0n) is 9.30. The molecule has 0 aromatic rings. The van der Waals surface area contributed by atoms with Crippen LogP contribution in [0.1, 0.15) is 20.3 Å². The number of amides is 1. The number of nitrogens with zero attached hydrogens (tertiary/aromatic N) is 1. The fourth-order valence-corrected chi connectivity index (χ4v) is 0.827. The molecule has 0 saturated carbocycles. The van der Waals surface area contributed by atoms with E-state index in [2.05, 4.69) is 0 Å². The fraction of sp³-hybridized carbons (Fsp3) is 0.778. The average molecular weight is 241 g/mol. The zero-order chi connectivity index (χ0) is 12.9. The van der Waals surface area contributed by atoms with Crippen molar-refractivity contribution in [3.63, 3.8) is 0 Å². The van der Waals surface area contributed by atoms with Crippen LogP contribution < -0.4 is 0 Å². The molecule has 1 atom stereocenters. The summed E-state index contributed by atoms with van der Waals surface area (Å²) >= 11 is 0. The van der Waals surface area contributed by atoms with E-state index < -0.39 is 24.6 Å². The van der Waals surface area contributed by atoms with Gasteiger partial charge in [0.1, 0.15) is 6.54 Å². The van der Waals surface area contributed by atoms with Crippen LogP contribution in [0.25, 0.3) is 0 Å². The van der Waals surface area contributed by atoms with Gasteiger partial charge in [-0.3, -0.25) is 9.59 Å². The SMILES string of the molecule is CCC(C)OC(=O)CN(C)C(=O)C(F)(F)F. The molecule has 4 nitrogen and oxygen atoms in total. The van der Waals surface area contributed by atoms with E-state index >= 15 is 0 Å². The molecule has 0 spiro atoms. The predicted molar refractivity (Wildman–Crippen MR) is 49.5 cm³/mol. The number of ether oxygens (including phenoxy) is 1. The van der Waals surface area contributed by atoms with Gasteiger partial charge in [-0.1, -0.05) is 6.92 Å². The lowest BCUT2D eigenvalue weighted by Crippen LogP contribution is -2.41. The summed E-state index contributed by atoms with van der Waals surface area (Å²) in [6.45, 7) is 2.68. The van der Waals surface area contributed by atoms with Crippen LogP contribution in [0.5, 0.6) is 0 Å². The first kappa shape index (κ1) is 14.7. The van der Waals surface area contributed by atoms with E-state index in [-0.39, 0.29) is 11.0 Å². The number of halogens is 3. The van der Waals surface area contributed by atoms with Gasteiger partial charge in [0.15, 0.2) is 0 Å². The molecule has 0 aliphatic heterocycles. The predicted octanol–water partition coefficient (Wildman–Crippen LogP) is 1.35. The van der Waals surface area contributed by atoms with E-state index in [1.54, 1.807) is 13.8 Å². The van der Waals surface area contributed by atoms with Gasteiger partial charge in [0.25, 0.3) is 0 Å². The lowest BCUT2D eigenvalue weighted by molar-refractivity contribution is -0.185. The minimum Gasteiger partial charge on any atom is -0.461 e. The maximum Gasteiger partial charge on any atom is 0.471 e. The third kappa shape index (κ3) is 4.99. The molecule has 7 heteroatoms. The number of esters is 1. The Kier molecular flexibility index (Phi) is 5.26. The van der Waals surface area contributed by atoms with Crippen LogP contribution in [0, 0.1) is 0 Å². The summed E-state index contributed by atoms with van der Waals surface area (Å²) < 4.78 is 40.5. The van der Waals surface area contributed by atoms with Crippen LogP contribution >= 0.6 is 0 Å². The topological polar surface area (TPSA) is 46.6 Å². The first-order valence-corrected chi connectivity index (χ1v) is 4.70. The molecule has 1 amide bonds. The van der Waals surface area contributed by atoms with Gasteiger partial charge in [-0.05, 0) is 13.3 Å². The molecule has 0 aromatic heterocycles. The van der Waals surface area contributed by atoms with Crippen molar-refractivity contribution < 1.29 is 27.5 Å². The van der Waals surface area contributed by atoms with Crippen molar-refractivity contribution in [2.75, 3.05) is 13.6 Å². The Morgan fingerprint density at radius 2 is 1.88 bits per heavy atom. The largest absolute Gasteiger partial charge is 0.471 e. The molecule has 0 fully saturated rings. The Morgan fingerprint density at radius 3 is 2.25 bits per heavy atom. The number of alkyl halides is 3. The highest BCUT2D eigenvalue weighted by atomic mass is 19.4. The lowest BCUT2D eigenvalue weighted by Gasteiger charge is -2.19. The molecular weight excluding hydrogens is 227 g/mol. The molecular formula is C9H14F3NO3. The van der Waals surface area contributed by atoms with Crippen molar-refractivity contribution in [1.82, 2.24) is 4.90 Å². The molecule has 0 aromatic carbocycles. The van der Waals surface area contributed by atoms with Crippen molar-refractivity contribution in [1.29, 1.82) is 0 Å². The zero-order valence-corrected chi connectivity index (χ0v) is 9.30. The van der Waals surface area contributed by atoms with Gasteiger partial charge in [0.05, 0.1) is 6.10 Å². The summed E-state index contributed by atoms with van der Waals surface area (Å²) in [6.07, 6.45) is -4.78. The van der Waals surface area contributed by atoms with E-state index in [1.165, 1.54) is 0 Å². The Hall–Kier alpha value is -1.27. The average Bonchev–Trinajstić information content (AvgIpc) is 2.14. The van der Waals surface area contributed by atoms with Crippen molar-refractivity contribution in [3.8, 4) is 0 Å². The highest BCUT2D eigenvalue weighted by Gasteiger charge is 2.41. The van der Waals surface area contributed by atoms with E-state index in [4.69, 9.17) is 4.74 Å². The normalized spacial score (nSPS) is 13.1. The molecule has 0 heterocycles. The molecule has 0 N–H and O–H groups in total. The summed E-state index contributed by atoms with van der Waals surface area (Å²) in [5.41, 5.74) is 0. The second-order valence-corrected chi connectivity index (χ2v) is 3.37. The van der Waals surface area contributed by atoms with E-state index in [0.717, 1.165) is 7.05 Å². The number of hydrogen-bond acceptors (Lipinski definition) is 3. The highest BCUT2D eigenvalue weighted by Crippen LogP contribution is 2.17. The molecule has 1 unspecified atom stereocenters. The van der Waals surface area contributed by atoms with Crippen molar-refractivity contribution in [2.24, 2.45) is 0 Å². The minimum atomic E-state index is -4.97. The summed E-state index contributed by atoms with van der Waals surface area (Å²) in [5.74, 6) is -2.91. The third-order valence-electron chi connectivity index (χ3n) is 1.86. The smallest absolute Gasteiger partial charge is 0.461 e. The van der Waals surface area contributed by atoms with E-state index in [0.29, 0.717) is 6.42 Å². The van der Waals surface area contributed by atoms with Gasteiger partial charge >= 0.3 is 18.1 Å². The molecule has 0 aliphatic carbocycles. The maximum atomic E-state index is 11.9. The molecule has 16 heavy (non-hydrogen) atoms. The molecule has 94 valence electrons. The summed E-state index contributed by atoms with van der Waals surface area (Å²) in [6, 6.07) is 0. The Balaban J connectivity index is 4.20. The number of carbonyl (C=O) groups excluding carboxylic acids is 2. The molecule has 0 aliphatic rings. The van der Waals surface area contributed by atoms with Gasteiger partial charge in [-0.25, -0.2) is 0 Å². The van der Waals surface area contributed by atoms with Crippen molar-refractivity contribution in [3.05, 3.63) is 0 Å². The van der Waals surface area contributed by atoms with Gasteiger partial charge in [0.2, 0.25) is 0 Å². The standard InChI is InChI=1S/C9H14F3NO3/c1-4-6(2)16-7(14)5-13(3)8(15)9(10,11)12/h6H,4-5H2,1-3H3. The van der Waals surface area contributed by atoms with Gasteiger partial charge < -0.3 is 9.64 Å². The molecule has 0 bridgehead atoms. The van der Waals surface area contributed by atoms with E-state index in [9.17, 15) is 22.8 Å². The second kappa shape index (κ2) is 5.72. The number of carbonyl (C=O) groups is 2. The van der Waals surface area contributed by atoms with E-state index in [1.807, 2.05) is 0 Å². The first-order valence-electron chi connectivity index (χ1n) is 4.70. The number of rotatable bonds is 4. The fourth-order valence-electron chi connectivity index (χ4n) is 0.827. The van der Waals surface area contributed by atoms with Gasteiger partial charge in [-0.2, -0.15) is 13.2 Å². The van der Waals surface area contributed by atoms with Gasteiger partial charge in [-0.15, -0.1) is 0 Å². The van der Waals surface area contributed by atoms with Crippen LogP contribution in [0.2, 0.25) is 0 Å². The van der Waals surface area contributed by atoms with Crippen LogP contribution in [-0.2, 0) is 14.3 Å². The number of likely N-dealkylation sites (N-methyl/N-ethyl adjacent to an activating group) is 1. The molecule has 0 saturated heterocycles. The molecule has 0 rings (SSSR count). The summed E-state index contributed by atoms with van der Waals surface area (Å²) in [5, 5.41) is 0. The minimum absolute atomic E-state index is 0.282. The lowest BCUT2D eigenvalue weighted by atomic mass is 10.3. The Morgan fingerprint density at radius 1 is 1.38 bits per heavy atom. The second-order valence-electron chi connectivity index (χ2n) is 3.37. The quantitative estimate of drug-likeness (QED) is 0.698. The number of hydrogen-bond donors (Lipinski definition) is 0. The Labute approximate surface area is 91.4 Å². The first-order chi connectivity index (χ1) is 7.18. The molecule has 0 radical (unpaired) electrons. The van der Waals surface area contributed by atoms with Crippen LogP contribution in [0.4, 0.5) is 13.2 Å².